The fraction of sp³-hybridized carbons (Fsp3) is 0.364. The minimum absolute atomic E-state index is 0.204. The molecule has 0 saturated heterocycles. The van der Waals surface area contributed by atoms with Crippen LogP contribution in [0.5, 0.6) is 5.75 Å². The van der Waals surface area contributed by atoms with Gasteiger partial charge >= 0.3 is 12.3 Å². The molecule has 92 valence electrons. The summed E-state index contributed by atoms with van der Waals surface area (Å²) < 4.78 is 39.7. The summed E-state index contributed by atoms with van der Waals surface area (Å²) in [5, 5.41) is 8.73. The van der Waals surface area contributed by atoms with E-state index in [2.05, 4.69) is 4.74 Å². The Hall–Kier alpha value is -1.72. The zero-order chi connectivity index (χ0) is 12.6. The van der Waals surface area contributed by atoms with Crippen LogP contribution in [0.3, 0.4) is 0 Å². The maximum Gasteiger partial charge on any atom is 0.573 e. The summed E-state index contributed by atoms with van der Waals surface area (Å²) in [6.07, 6.45) is -4.26. The van der Waals surface area contributed by atoms with Crippen molar-refractivity contribution in [1.82, 2.24) is 0 Å². The van der Waals surface area contributed by atoms with Crippen molar-refractivity contribution in [1.29, 1.82) is 0 Å². The van der Waals surface area contributed by atoms with E-state index in [-0.39, 0.29) is 11.7 Å². The van der Waals surface area contributed by atoms with Crippen LogP contribution >= 0.6 is 0 Å². The highest BCUT2D eigenvalue weighted by Gasteiger charge is 2.44. The zero-order valence-electron chi connectivity index (χ0n) is 8.57. The average Bonchev–Trinajstić information content (AvgIpc) is 2.94. The number of benzene rings is 1. The number of rotatable bonds is 3. The number of halogens is 3. The fourth-order valence-electron chi connectivity index (χ4n) is 1.78. The Morgan fingerprint density at radius 1 is 1.41 bits per heavy atom. The van der Waals surface area contributed by atoms with Crippen molar-refractivity contribution >= 4 is 5.97 Å². The molecule has 1 aliphatic rings. The summed E-state index contributed by atoms with van der Waals surface area (Å²) in [6, 6.07) is 5.46. The first-order valence-electron chi connectivity index (χ1n) is 4.95. The van der Waals surface area contributed by atoms with Crippen molar-refractivity contribution in [2.45, 2.75) is 18.7 Å². The van der Waals surface area contributed by atoms with Crippen molar-refractivity contribution in [2.75, 3.05) is 0 Å². The second-order valence-corrected chi connectivity index (χ2v) is 3.91. The molecule has 1 saturated carbocycles. The van der Waals surface area contributed by atoms with Gasteiger partial charge in [-0.15, -0.1) is 13.2 Å². The molecule has 2 rings (SSSR count). The summed E-state index contributed by atoms with van der Waals surface area (Å²) in [6.45, 7) is 0. The van der Waals surface area contributed by atoms with E-state index in [1.165, 1.54) is 18.2 Å². The van der Waals surface area contributed by atoms with Crippen molar-refractivity contribution < 1.29 is 27.8 Å². The van der Waals surface area contributed by atoms with Crippen molar-refractivity contribution in [2.24, 2.45) is 5.92 Å². The van der Waals surface area contributed by atoms with Gasteiger partial charge in [0.2, 0.25) is 0 Å². The van der Waals surface area contributed by atoms with E-state index in [0.717, 1.165) is 0 Å². The molecular formula is C11H9F3O3. The molecule has 17 heavy (non-hydrogen) atoms. The summed E-state index contributed by atoms with van der Waals surface area (Å²) in [5.41, 5.74) is 0.569. The number of carbonyl (C=O) groups is 1. The monoisotopic (exact) mass is 246 g/mol. The lowest BCUT2D eigenvalue weighted by Crippen LogP contribution is -2.17. The topological polar surface area (TPSA) is 46.5 Å². The molecule has 0 amide bonds. The quantitative estimate of drug-likeness (QED) is 0.891. The summed E-state index contributed by atoms with van der Waals surface area (Å²) >= 11 is 0. The summed E-state index contributed by atoms with van der Waals surface area (Å²) in [7, 11) is 0. The molecule has 0 aliphatic heterocycles. The van der Waals surface area contributed by atoms with E-state index >= 15 is 0 Å². The number of hydrogen-bond donors (Lipinski definition) is 1. The zero-order valence-corrected chi connectivity index (χ0v) is 8.57. The Kier molecular flexibility index (Phi) is 2.73. The van der Waals surface area contributed by atoms with E-state index in [1.807, 2.05) is 0 Å². The first-order valence-corrected chi connectivity index (χ1v) is 4.95. The molecule has 1 aliphatic carbocycles. The number of carboxylic acid groups (broad SMARTS) is 1. The number of alkyl halides is 3. The van der Waals surface area contributed by atoms with Gasteiger partial charge in [-0.2, -0.15) is 0 Å². The number of hydrogen-bond acceptors (Lipinski definition) is 2. The molecule has 1 aromatic rings. The van der Waals surface area contributed by atoms with Crippen LogP contribution in [0.4, 0.5) is 13.2 Å². The molecule has 1 aromatic carbocycles. The summed E-state index contributed by atoms with van der Waals surface area (Å²) in [4.78, 5) is 10.6. The van der Waals surface area contributed by atoms with Gasteiger partial charge in [-0.1, -0.05) is 12.1 Å². The van der Waals surface area contributed by atoms with E-state index < -0.39 is 18.2 Å². The van der Waals surface area contributed by atoms with Crippen LogP contribution in [0, 0.1) is 5.92 Å². The van der Waals surface area contributed by atoms with Crippen LogP contribution in [-0.2, 0) is 4.79 Å². The van der Waals surface area contributed by atoms with Gasteiger partial charge < -0.3 is 9.84 Å². The van der Waals surface area contributed by atoms with Gasteiger partial charge in [0.25, 0.3) is 0 Å². The van der Waals surface area contributed by atoms with Crippen LogP contribution in [-0.4, -0.2) is 17.4 Å². The highest BCUT2D eigenvalue weighted by Crippen LogP contribution is 2.48. The normalized spacial score (nSPS) is 23.2. The van der Waals surface area contributed by atoms with Gasteiger partial charge in [0.15, 0.2) is 0 Å². The predicted octanol–water partition coefficient (Wildman–Crippen LogP) is 2.77. The molecule has 1 fully saturated rings. The van der Waals surface area contributed by atoms with E-state index in [4.69, 9.17) is 5.11 Å². The first-order chi connectivity index (χ1) is 7.87. The Morgan fingerprint density at radius 2 is 2.12 bits per heavy atom. The predicted molar refractivity (Wildman–Crippen MR) is 51.6 cm³/mol. The third kappa shape index (κ3) is 2.89. The first kappa shape index (κ1) is 11.8. The Morgan fingerprint density at radius 3 is 2.65 bits per heavy atom. The lowest BCUT2D eigenvalue weighted by atomic mass is 10.1. The Balaban J connectivity index is 2.11. The maximum atomic E-state index is 12.0. The Labute approximate surface area is 94.8 Å². The van der Waals surface area contributed by atoms with Crippen LogP contribution in [0.1, 0.15) is 17.9 Å². The SMILES string of the molecule is O=C(O)[C@@H]1C[C@@H]1c1cccc(OC(F)(F)F)c1. The molecular weight excluding hydrogens is 237 g/mol. The largest absolute Gasteiger partial charge is 0.573 e. The molecule has 0 aromatic heterocycles. The molecule has 6 heteroatoms. The minimum atomic E-state index is -4.73. The highest BCUT2D eigenvalue weighted by molar-refractivity contribution is 5.75. The van der Waals surface area contributed by atoms with Gasteiger partial charge in [-0.25, -0.2) is 0 Å². The lowest BCUT2D eigenvalue weighted by Gasteiger charge is -2.09. The van der Waals surface area contributed by atoms with Gasteiger partial charge in [-0.3, -0.25) is 4.79 Å². The standard InChI is InChI=1S/C11H9F3O3/c12-11(13,14)17-7-3-1-2-6(4-7)8-5-9(8)10(15)16/h1-4,8-9H,5H2,(H,15,16)/t8-,9-/m1/s1. The smallest absolute Gasteiger partial charge is 0.481 e. The molecule has 0 unspecified atom stereocenters. The molecule has 1 N–H and O–H groups in total. The van der Waals surface area contributed by atoms with Crippen LogP contribution in [0.2, 0.25) is 0 Å². The second-order valence-electron chi connectivity index (χ2n) is 3.91. The van der Waals surface area contributed by atoms with E-state index in [1.54, 1.807) is 6.07 Å². The lowest BCUT2D eigenvalue weighted by molar-refractivity contribution is -0.274. The fourth-order valence-corrected chi connectivity index (χ4v) is 1.78. The third-order valence-corrected chi connectivity index (χ3v) is 2.63. The summed E-state index contributed by atoms with van der Waals surface area (Å²) in [5.74, 6) is -1.93. The third-order valence-electron chi connectivity index (χ3n) is 2.63. The van der Waals surface area contributed by atoms with E-state index in [9.17, 15) is 18.0 Å². The highest BCUT2D eigenvalue weighted by atomic mass is 19.4. The van der Waals surface area contributed by atoms with Crippen molar-refractivity contribution in [3.63, 3.8) is 0 Å². The van der Waals surface area contributed by atoms with Crippen molar-refractivity contribution in [3.05, 3.63) is 29.8 Å². The number of ether oxygens (including phenoxy) is 1. The number of aliphatic carboxylic acids is 1. The van der Waals surface area contributed by atoms with Crippen molar-refractivity contribution in [3.8, 4) is 5.75 Å². The average molecular weight is 246 g/mol. The molecule has 0 bridgehead atoms. The molecule has 0 spiro atoms. The molecule has 0 radical (unpaired) electrons. The van der Waals surface area contributed by atoms with Gasteiger partial charge in [-0.05, 0) is 30.0 Å². The van der Waals surface area contributed by atoms with E-state index in [0.29, 0.717) is 12.0 Å². The maximum absolute atomic E-state index is 12.0. The molecule has 2 atom stereocenters. The van der Waals surface area contributed by atoms with Crippen LogP contribution in [0.15, 0.2) is 24.3 Å². The van der Waals surface area contributed by atoms with Gasteiger partial charge in [0, 0.05) is 0 Å². The molecule has 3 nitrogen and oxygen atoms in total. The van der Waals surface area contributed by atoms with Gasteiger partial charge in [0.05, 0.1) is 5.92 Å². The molecule has 0 heterocycles. The van der Waals surface area contributed by atoms with Gasteiger partial charge in [0.1, 0.15) is 5.75 Å². The van der Waals surface area contributed by atoms with Crippen LogP contribution < -0.4 is 4.74 Å². The second kappa shape index (κ2) is 3.94. The Bertz CT molecular complexity index is 442. The minimum Gasteiger partial charge on any atom is -0.481 e. The van der Waals surface area contributed by atoms with Crippen LogP contribution in [0.25, 0.3) is 0 Å². The number of carboxylic acids is 1.